The van der Waals surface area contributed by atoms with E-state index in [1.54, 1.807) is 19.1 Å². The van der Waals surface area contributed by atoms with Gasteiger partial charge in [-0.15, -0.1) is 0 Å². The molecule has 24 heavy (non-hydrogen) atoms. The average Bonchev–Trinajstić information content (AvgIpc) is 2.88. The number of amides is 1. The monoisotopic (exact) mass is 371 g/mol. The number of ether oxygens (including phenoxy) is 1. The first-order valence-corrected chi connectivity index (χ1v) is 9.48. The summed E-state index contributed by atoms with van der Waals surface area (Å²) in [5.74, 6) is 0.684. The molecule has 2 saturated heterocycles. The summed E-state index contributed by atoms with van der Waals surface area (Å²) in [4.78, 5) is 15.7. The number of anilines is 2. The maximum absolute atomic E-state index is 14.5. The van der Waals surface area contributed by atoms with E-state index in [0.29, 0.717) is 41.0 Å². The fraction of sp³-hybridized carbons (Fsp3) is 0.467. The fourth-order valence-corrected chi connectivity index (χ4v) is 3.96. The zero-order valence-corrected chi connectivity index (χ0v) is 14.8. The van der Waals surface area contributed by atoms with Gasteiger partial charge in [0, 0.05) is 35.4 Å². The van der Waals surface area contributed by atoms with Gasteiger partial charge < -0.3 is 15.0 Å². The third kappa shape index (κ3) is 3.67. The second-order valence-corrected chi connectivity index (χ2v) is 7.96. The number of rotatable bonds is 3. The van der Waals surface area contributed by atoms with Crippen molar-refractivity contribution in [3.63, 3.8) is 0 Å². The molecule has 0 unspecified atom stereocenters. The van der Waals surface area contributed by atoms with Crippen LogP contribution in [-0.4, -0.2) is 52.7 Å². The van der Waals surface area contributed by atoms with Crippen molar-refractivity contribution in [3.8, 4) is 0 Å². The molecular weight excluding hydrogens is 353 g/mol. The Bertz CT molecular complexity index is 691. The Labute approximate surface area is 147 Å². The number of halogens is 1. The SMILES string of the molecule is CC(=S)N[C@H]1CN(c2ccc(N3CCS(=O)CC3)c(F)c2)C(=O)O1. The van der Waals surface area contributed by atoms with E-state index >= 15 is 0 Å². The van der Waals surface area contributed by atoms with Crippen molar-refractivity contribution < 1.29 is 18.1 Å². The van der Waals surface area contributed by atoms with E-state index in [2.05, 4.69) is 5.32 Å². The van der Waals surface area contributed by atoms with E-state index in [1.165, 1.54) is 11.0 Å². The van der Waals surface area contributed by atoms with Crippen LogP contribution in [0, 0.1) is 5.82 Å². The van der Waals surface area contributed by atoms with E-state index in [4.69, 9.17) is 17.0 Å². The summed E-state index contributed by atoms with van der Waals surface area (Å²) in [5, 5.41) is 2.87. The number of nitrogens with zero attached hydrogens (tertiary/aromatic N) is 2. The Morgan fingerprint density at radius 3 is 2.75 bits per heavy atom. The van der Waals surface area contributed by atoms with Crippen LogP contribution in [0.3, 0.4) is 0 Å². The molecule has 1 amide bonds. The molecule has 0 spiro atoms. The number of benzene rings is 1. The lowest BCUT2D eigenvalue weighted by molar-refractivity contribution is 0.135. The Kier molecular flexibility index (Phi) is 5.00. The number of carbonyl (C=O) groups is 1. The van der Waals surface area contributed by atoms with Crippen LogP contribution in [0.25, 0.3) is 0 Å². The van der Waals surface area contributed by atoms with Crippen molar-refractivity contribution >= 4 is 45.5 Å². The van der Waals surface area contributed by atoms with E-state index in [1.807, 2.05) is 4.90 Å². The van der Waals surface area contributed by atoms with Crippen molar-refractivity contribution in [2.24, 2.45) is 0 Å². The highest BCUT2D eigenvalue weighted by Gasteiger charge is 2.33. The highest BCUT2D eigenvalue weighted by atomic mass is 32.2. The van der Waals surface area contributed by atoms with Crippen LogP contribution in [0.1, 0.15) is 6.92 Å². The number of nitrogens with one attached hydrogen (secondary N) is 1. The third-order valence-electron chi connectivity index (χ3n) is 3.94. The molecule has 2 heterocycles. The fourth-order valence-electron chi connectivity index (χ4n) is 2.77. The number of thiocarbonyl (C=S) groups is 1. The van der Waals surface area contributed by atoms with Crippen molar-refractivity contribution in [2.45, 2.75) is 13.2 Å². The van der Waals surface area contributed by atoms with Gasteiger partial charge in [0.25, 0.3) is 0 Å². The average molecular weight is 371 g/mol. The van der Waals surface area contributed by atoms with Crippen molar-refractivity contribution in [1.29, 1.82) is 0 Å². The predicted molar refractivity (Wildman–Crippen MR) is 95.5 cm³/mol. The van der Waals surface area contributed by atoms with E-state index in [0.717, 1.165) is 0 Å². The van der Waals surface area contributed by atoms with Gasteiger partial charge in [0.1, 0.15) is 5.82 Å². The van der Waals surface area contributed by atoms with E-state index in [9.17, 15) is 13.4 Å². The number of hydrogen-bond donors (Lipinski definition) is 1. The van der Waals surface area contributed by atoms with Gasteiger partial charge in [-0.3, -0.25) is 9.11 Å². The summed E-state index contributed by atoms with van der Waals surface area (Å²) in [7, 11) is -0.812. The second-order valence-electron chi connectivity index (χ2n) is 5.65. The highest BCUT2D eigenvalue weighted by Crippen LogP contribution is 2.28. The van der Waals surface area contributed by atoms with Crippen LogP contribution in [0.2, 0.25) is 0 Å². The molecule has 0 aromatic heterocycles. The quantitative estimate of drug-likeness (QED) is 0.815. The third-order valence-corrected chi connectivity index (χ3v) is 5.33. The minimum Gasteiger partial charge on any atom is -0.423 e. The molecule has 1 N–H and O–H groups in total. The minimum absolute atomic E-state index is 0.258. The molecular formula is C15H18FN3O3S2. The van der Waals surface area contributed by atoms with E-state index < -0.39 is 28.9 Å². The van der Waals surface area contributed by atoms with Crippen LogP contribution >= 0.6 is 12.2 Å². The number of hydrogen-bond acceptors (Lipinski definition) is 5. The molecule has 0 radical (unpaired) electrons. The molecule has 130 valence electrons. The summed E-state index contributed by atoms with van der Waals surface area (Å²) in [6.45, 7) is 3.09. The molecule has 1 aromatic rings. The van der Waals surface area contributed by atoms with Gasteiger partial charge in [0.05, 0.1) is 22.9 Å². The topological polar surface area (TPSA) is 61.9 Å². The lowest BCUT2D eigenvalue weighted by atomic mass is 10.2. The van der Waals surface area contributed by atoms with Crippen molar-refractivity contribution in [1.82, 2.24) is 5.32 Å². The first-order chi connectivity index (χ1) is 11.4. The Hall–Kier alpha value is -1.74. The summed E-state index contributed by atoms with van der Waals surface area (Å²) >= 11 is 4.94. The van der Waals surface area contributed by atoms with E-state index in [-0.39, 0.29) is 6.54 Å². The van der Waals surface area contributed by atoms with Crippen LogP contribution in [-0.2, 0) is 15.5 Å². The summed E-state index contributed by atoms with van der Waals surface area (Å²) < 4.78 is 31.1. The largest absolute Gasteiger partial charge is 0.423 e. The zero-order chi connectivity index (χ0) is 17.3. The van der Waals surface area contributed by atoms with Crippen molar-refractivity contribution in [3.05, 3.63) is 24.0 Å². The number of carbonyl (C=O) groups excluding carboxylic acids is 1. The maximum atomic E-state index is 14.5. The lowest BCUT2D eigenvalue weighted by Gasteiger charge is -2.29. The molecule has 1 atom stereocenters. The standard InChI is InChI=1S/C15H18FN3O3S2/c1-10(23)17-14-9-19(15(20)22-14)11-2-3-13(12(16)8-11)18-4-6-24(21)7-5-18/h2-3,8,14H,4-7,9H2,1H3,(H,17,23)/t14-/m1/s1. The first kappa shape index (κ1) is 17.1. The van der Waals surface area contributed by atoms with Crippen LogP contribution < -0.4 is 15.1 Å². The molecule has 0 aliphatic carbocycles. The predicted octanol–water partition coefficient (Wildman–Crippen LogP) is 1.61. The molecule has 6 nitrogen and oxygen atoms in total. The molecule has 9 heteroatoms. The summed E-state index contributed by atoms with van der Waals surface area (Å²) in [6.07, 6.45) is -1.07. The smallest absolute Gasteiger partial charge is 0.416 e. The lowest BCUT2D eigenvalue weighted by Crippen LogP contribution is -2.38. The minimum atomic E-state index is -0.812. The Morgan fingerprint density at radius 2 is 2.12 bits per heavy atom. The second kappa shape index (κ2) is 7.02. The molecule has 3 rings (SSSR count). The maximum Gasteiger partial charge on any atom is 0.416 e. The normalized spacial score (nSPS) is 21.8. The van der Waals surface area contributed by atoms with Gasteiger partial charge in [-0.25, -0.2) is 9.18 Å². The molecule has 0 bridgehead atoms. The highest BCUT2D eigenvalue weighted by molar-refractivity contribution is 7.85. The Balaban J connectivity index is 1.74. The van der Waals surface area contributed by atoms with Gasteiger partial charge in [0.15, 0.2) is 6.23 Å². The van der Waals surface area contributed by atoms with Crippen LogP contribution in [0.5, 0.6) is 0 Å². The van der Waals surface area contributed by atoms with Gasteiger partial charge in [-0.05, 0) is 25.1 Å². The van der Waals surface area contributed by atoms with Crippen LogP contribution in [0.4, 0.5) is 20.6 Å². The molecule has 0 saturated carbocycles. The van der Waals surface area contributed by atoms with Gasteiger partial charge in [-0.2, -0.15) is 0 Å². The van der Waals surface area contributed by atoms with Crippen LogP contribution in [0.15, 0.2) is 18.2 Å². The zero-order valence-electron chi connectivity index (χ0n) is 13.2. The molecule has 2 fully saturated rings. The first-order valence-electron chi connectivity index (χ1n) is 7.59. The summed E-state index contributed by atoms with van der Waals surface area (Å²) in [5.41, 5.74) is 0.903. The Morgan fingerprint density at radius 1 is 1.42 bits per heavy atom. The molecule has 2 aliphatic rings. The molecule has 1 aromatic carbocycles. The molecule has 2 aliphatic heterocycles. The van der Waals surface area contributed by atoms with Crippen molar-refractivity contribution in [2.75, 3.05) is 40.9 Å². The van der Waals surface area contributed by atoms with Gasteiger partial charge in [-0.1, -0.05) is 12.2 Å². The van der Waals surface area contributed by atoms with Gasteiger partial charge in [0.2, 0.25) is 0 Å². The van der Waals surface area contributed by atoms with Gasteiger partial charge >= 0.3 is 6.09 Å². The summed E-state index contributed by atoms with van der Waals surface area (Å²) in [6, 6.07) is 4.67. The number of cyclic esters (lactones) is 1.